The molecule has 0 saturated heterocycles. The summed E-state index contributed by atoms with van der Waals surface area (Å²) in [5.74, 6) is 0.706. The Hall–Kier alpha value is -0.200. The zero-order valence-corrected chi connectivity index (χ0v) is 13.0. The Morgan fingerprint density at radius 1 is 0.684 bits per heavy atom. The average molecular weight is 273 g/mol. The monoisotopic (exact) mass is 273 g/mol. The van der Waals surface area contributed by atoms with Gasteiger partial charge in [-0.05, 0) is 31.8 Å². The molecule has 5 nitrogen and oxygen atoms in total. The van der Waals surface area contributed by atoms with Crippen LogP contribution in [0.25, 0.3) is 0 Å². The molecule has 0 unspecified atom stereocenters. The van der Waals surface area contributed by atoms with Crippen molar-refractivity contribution in [1.29, 1.82) is 0 Å². The molecule has 0 aliphatic heterocycles. The van der Waals surface area contributed by atoms with Gasteiger partial charge in [-0.25, -0.2) is 0 Å². The van der Waals surface area contributed by atoms with Gasteiger partial charge in [0.05, 0.1) is 0 Å². The van der Waals surface area contributed by atoms with Crippen LogP contribution in [0.4, 0.5) is 0 Å². The van der Waals surface area contributed by atoms with Crippen LogP contribution in [-0.2, 0) is 0 Å². The van der Waals surface area contributed by atoms with Crippen LogP contribution in [0.5, 0.6) is 0 Å². The van der Waals surface area contributed by atoms with Crippen molar-refractivity contribution in [2.75, 3.05) is 58.9 Å². The molecule has 5 heteroatoms. The van der Waals surface area contributed by atoms with E-state index in [2.05, 4.69) is 23.6 Å². The van der Waals surface area contributed by atoms with Gasteiger partial charge in [0.1, 0.15) is 0 Å². The van der Waals surface area contributed by atoms with Crippen LogP contribution in [0.3, 0.4) is 0 Å². The van der Waals surface area contributed by atoms with Crippen molar-refractivity contribution >= 4 is 0 Å². The molecule has 0 aromatic rings. The summed E-state index contributed by atoms with van der Waals surface area (Å²) in [7, 11) is 0. The summed E-state index contributed by atoms with van der Waals surface area (Å²) in [5.41, 5.74) is 16.9. The maximum atomic E-state index is 5.66. The molecule has 0 heterocycles. The van der Waals surface area contributed by atoms with Gasteiger partial charge in [-0.3, -0.25) is 0 Å². The lowest BCUT2D eigenvalue weighted by Crippen LogP contribution is -2.36. The van der Waals surface area contributed by atoms with E-state index in [-0.39, 0.29) is 0 Å². The van der Waals surface area contributed by atoms with Crippen molar-refractivity contribution in [3.8, 4) is 0 Å². The molecule has 0 atom stereocenters. The Morgan fingerprint density at radius 2 is 1.11 bits per heavy atom. The molecule has 6 N–H and O–H groups in total. The number of rotatable bonds is 13. The standard InChI is InChI=1S/C14H35N5/c1-14(2)13-19(12-7-17)9-4-3-8-18(10-5-15)11-6-16/h14H,3-13,15-17H2,1-2H3. The maximum Gasteiger partial charge on any atom is 0.0105 e. The van der Waals surface area contributed by atoms with E-state index >= 15 is 0 Å². The van der Waals surface area contributed by atoms with E-state index in [1.807, 2.05) is 0 Å². The average Bonchev–Trinajstić information content (AvgIpc) is 2.34. The molecule has 0 amide bonds. The second-order valence-electron chi connectivity index (χ2n) is 5.61. The number of nitrogens with zero attached hydrogens (tertiary/aromatic N) is 2. The molecular formula is C14H35N5. The molecule has 0 bridgehead atoms. The van der Waals surface area contributed by atoms with E-state index in [0.29, 0.717) is 19.0 Å². The summed E-state index contributed by atoms with van der Waals surface area (Å²) in [6.07, 6.45) is 2.43. The first-order valence-electron chi connectivity index (χ1n) is 7.69. The Balaban J connectivity index is 3.77. The van der Waals surface area contributed by atoms with Crippen molar-refractivity contribution in [1.82, 2.24) is 9.80 Å². The molecule has 0 fully saturated rings. The van der Waals surface area contributed by atoms with E-state index in [4.69, 9.17) is 17.2 Å². The maximum absolute atomic E-state index is 5.66. The first kappa shape index (κ1) is 18.8. The fourth-order valence-electron chi connectivity index (χ4n) is 2.36. The second-order valence-corrected chi connectivity index (χ2v) is 5.61. The lowest BCUT2D eigenvalue weighted by Gasteiger charge is -2.25. The highest BCUT2D eigenvalue weighted by Crippen LogP contribution is 2.02. The summed E-state index contributed by atoms with van der Waals surface area (Å²) >= 11 is 0. The van der Waals surface area contributed by atoms with Crippen molar-refractivity contribution in [2.24, 2.45) is 23.1 Å². The molecule has 0 aromatic carbocycles. The zero-order valence-electron chi connectivity index (χ0n) is 13.0. The molecule has 0 rings (SSSR count). The third kappa shape index (κ3) is 11.3. The minimum absolute atomic E-state index is 0.706. The fraction of sp³-hybridized carbons (Fsp3) is 1.00. The van der Waals surface area contributed by atoms with Gasteiger partial charge in [-0.15, -0.1) is 0 Å². The summed E-state index contributed by atoms with van der Waals surface area (Å²) in [5, 5.41) is 0. The lowest BCUT2D eigenvalue weighted by atomic mass is 10.2. The molecule has 0 radical (unpaired) electrons. The minimum atomic E-state index is 0.706. The largest absolute Gasteiger partial charge is 0.329 e. The van der Waals surface area contributed by atoms with Gasteiger partial charge in [-0.1, -0.05) is 13.8 Å². The summed E-state index contributed by atoms with van der Waals surface area (Å²) in [6, 6.07) is 0. The van der Waals surface area contributed by atoms with E-state index in [1.54, 1.807) is 0 Å². The summed E-state index contributed by atoms with van der Waals surface area (Å²) in [6.45, 7) is 13.0. The number of hydrogen-bond donors (Lipinski definition) is 3. The Labute approximate surface area is 119 Å². The summed E-state index contributed by atoms with van der Waals surface area (Å²) < 4.78 is 0. The highest BCUT2D eigenvalue weighted by molar-refractivity contribution is 4.63. The van der Waals surface area contributed by atoms with Crippen LogP contribution in [0.1, 0.15) is 26.7 Å². The van der Waals surface area contributed by atoms with E-state index in [0.717, 1.165) is 45.8 Å². The van der Waals surface area contributed by atoms with Crippen LogP contribution < -0.4 is 17.2 Å². The van der Waals surface area contributed by atoms with Crippen molar-refractivity contribution in [3.05, 3.63) is 0 Å². The normalized spacial score (nSPS) is 12.0. The Kier molecular flexibility index (Phi) is 12.7. The van der Waals surface area contributed by atoms with Crippen LogP contribution in [-0.4, -0.2) is 68.7 Å². The van der Waals surface area contributed by atoms with E-state index in [9.17, 15) is 0 Å². The van der Waals surface area contributed by atoms with Gasteiger partial charge >= 0.3 is 0 Å². The lowest BCUT2D eigenvalue weighted by molar-refractivity contribution is 0.232. The Bertz CT molecular complexity index is 181. The number of hydrogen-bond acceptors (Lipinski definition) is 5. The van der Waals surface area contributed by atoms with Gasteiger partial charge in [0.2, 0.25) is 0 Å². The van der Waals surface area contributed by atoms with Crippen LogP contribution >= 0.6 is 0 Å². The van der Waals surface area contributed by atoms with Gasteiger partial charge in [-0.2, -0.15) is 0 Å². The van der Waals surface area contributed by atoms with Crippen LogP contribution in [0.15, 0.2) is 0 Å². The van der Waals surface area contributed by atoms with E-state index < -0.39 is 0 Å². The van der Waals surface area contributed by atoms with Crippen molar-refractivity contribution in [3.63, 3.8) is 0 Å². The number of nitrogens with two attached hydrogens (primary N) is 3. The van der Waals surface area contributed by atoms with Gasteiger partial charge in [0.15, 0.2) is 0 Å². The third-order valence-corrected chi connectivity index (χ3v) is 3.16. The molecular weight excluding hydrogens is 238 g/mol. The molecule has 0 spiro atoms. The topological polar surface area (TPSA) is 84.5 Å². The third-order valence-electron chi connectivity index (χ3n) is 3.16. The molecule has 0 aliphatic carbocycles. The molecule has 0 aromatic heterocycles. The molecule has 0 saturated carbocycles. The zero-order chi connectivity index (χ0) is 14.5. The van der Waals surface area contributed by atoms with E-state index in [1.165, 1.54) is 12.8 Å². The number of unbranched alkanes of at least 4 members (excludes halogenated alkanes) is 1. The van der Waals surface area contributed by atoms with Gasteiger partial charge < -0.3 is 27.0 Å². The smallest absolute Gasteiger partial charge is 0.0105 e. The highest BCUT2D eigenvalue weighted by Gasteiger charge is 2.07. The first-order chi connectivity index (χ1) is 9.13. The Morgan fingerprint density at radius 3 is 1.53 bits per heavy atom. The predicted octanol–water partition coefficient (Wildman–Crippen LogP) is -0.0973. The summed E-state index contributed by atoms with van der Waals surface area (Å²) in [4.78, 5) is 4.83. The first-order valence-corrected chi connectivity index (χ1v) is 7.69. The van der Waals surface area contributed by atoms with Gasteiger partial charge in [0.25, 0.3) is 0 Å². The second kappa shape index (κ2) is 12.8. The predicted molar refractivity (Wildman–Crippen MR) is 84.1 cm³/mol. The van der Waals surface area contributed by atoms with Crippen LogP contribution in [0.2, 0.25) is 0 Å². The molecule has 116 valence electrons. The van der Waals surface area contributed by atoms with Gasteiger partial charge in [0, 0.05) is 45.8 Å². The van der Waals surface area contributed by atoms with Crippen LogP contribution in [0, 0.1) is 5.92 Å². The molecule has 19 heavy (non-hydrogen) atoms. The molecule has 0 aliphatic rings. The highest BCUT2D eigenvalue weighted by atomic mass is 15.1. The quantitative estimate of drug-likeness (QED) is 0.408. The minimum Gasteiger partial charge on any atom is -0.329 e. The van der Waals surface area contributed by atoms with Crippen molar-refractivity contribution in [2.45, 2.75) is 26.7 Å². The van der Waals surface area contributed by atoms with Crippen molar-refractivity contribution < 1.29 is 0 Å². The SMILES string of the molecule is CC(C)CN(CCN)CCCCN(CCN)CCN. The fourth-order valence-corrected chi connectivity index (χ4v) is 2.36.